The highest BCUT2D eigenvalue weighted by atomic mass is 32.2. The molecule has 0 fully saturated rings. The van der Waals surface area contributed by atoms with Crippen LogP contribution in [0.15, 0.2) is 102 Å². The number of pyridine rings is 1. The number of rotatable bonds is 8. The molecule has 0 saturated heterocycles. The van der Waals surface area contributed by atoms with Gasteiger partial charge >= 0.3 is 0 Å². The number of thioether (sulfide) groups is 1. The molecule has 0 aliphatic rings. The van der Waals surface area contributed by atoms with Gasteiger partial charge in [-0.2, -0.15) is 0 Å². The summed E-state index contributed by atoms with van der Waals surface area (Å²) in [6.45, 7) is 4.88. The van der Waals surface area contributed by atoms with Gasteiger partial charge in [-0.15, -0.1) is 0 Å². The van der Waals surface area contributed by atoms with Crippen LogP contribution in [0, 0.1) is 6.92 Å². The van der Waals surface area contributed by atoms with Crippen molar-refractivity contribution in [2.45, 2.75) is 37.3 Å². The van der Waals surface area contributed by atoms with Crippen LogP contribution in [0.5, 0.6) is 0 Å². The van der Waals surface area contributed by atoms with E-state index >= 15 is 0 Å². The molecule has 5 aromatic rings. The summed E-state index contributed by atoms with van der Waals surface area (Å²) < 4.78 is 2.24. The van der Waals surface area contributed by atoms with Gasteiger partial charge in [0.1, 0.15) is 0 Å². The number of nitrogens with zero attached hydrogens (tertiary/aromatic N) is 3. The van der Waals surface area contributed by atoms with Crippen molar-refractivity contribution in [2.24, 2.45) is 0 Å². The molecule has 2 heterocycles. The van der Waals surface area contributed by atoms with Gasteiger partial charge in [-0.1, -0.05) is 78.5 Å². The fourth-order valence-electron chi connectivity index (χ4n) is 4.17. The van der Waals surface area contributed by atoms with Crippen LogP contribution in [0.3, 0.4) is 0 Å². The van der Waals surface area contributed by atoms with E-state index in [2.05, 4.69) is 46.1 Å². The van der Waals surface area contributed by atoms with Gasteiger partial charge in [0.2, 0.25) is 0 Å². The average Bonchev–Trinajstić information content (AvgIpc) is 3.26. The third kappa shape index (κ3) is 5.34. The Balaban J connectivity index is 1.29. The van der Waals surface area contributed by atoms with Crippen molar-refractivity contribution in [2.75, 3.05) is 0 Å². The average molecular weight is 493 g/mol. The van der Waals surface area contributed by atoms with Crippen molar-refractivity contribution in [3.8, 4) is 0 Å². The van der Waals surface area contributed by atoms with E-state index in [0.29, 0.717) is 5.56 Å². The topological polar surface area (TPSA) is 59.8 Å². The Kier molecular flexibility index (Phi) is 7.14. The lowest BCUT2D eigenvalue weighted by Crippen LogP contribution is -2.26. The standard InChI is InChI=1S/C30H28N4OS/c1-21-8-6-7-11-26(21)19-34-28-18-31-17-16-27(28)33-30(34)36-20-23-12-14-25(15-13-23)29(35)32-22(2)24-9-4-3-5-10-24/h3-18,22H,19-20H2,1-2H3,(H,32,35)/t22-/m1/s1. The minimum Gasteiger partial charge on any atom is -0.346 e. The predicted octanol–water partition coefficient (Wildman–Crippen LogP) is 6.57. The van der Waals surface area contributed by atoms with E-state index in [1.807, 2.05) is 73.8 Å². The van der Waals surface area contributed by atoms with Crippen LogP contribution in [-0.4, -0.2) is 20.4 Å². The minimum absolute atomic E-state index is 0.0512. The fraction of sp³-hybridized carbons (Fsp3) is 0.167. The monoisotopic (exact) mass is 492 g/mol. The van der Waals surface area contributed by atoms with Gasteiger partial charge in [-0.05, 0) is 54.3 Å². The van der Waals surface area contributed by atoms with E-state index in [-0.39, 0.29) is 11.9 Å². The van der Waals surface area contributed by atoms with Crippen molar-refractivity contribution in [3.05, 3.63) is 125 Å². The molecule has 0 unspecified atom stereocenters. The molecule has 0 aliphatic carbocycles. The minimum atomic E-state index is -0.0712. The highest BCUT2D eigenvalue weighted by Crippen LogP contribution is 2.28. The number of aromatic nitrogens is 3. The molecule has 6 heteroatoms. The number of carbonyl (C=O) groups excluding carboxylic acids is 1. The highest BCUT2D eigenvalue weighted by molar-refractivity contribution is 7.98. The molecule has 2 aromatic heterocycles. The molecule has 0 spiro atoms. The number of benzene rings is 3. The third-order valence-electron chi connectivity index (χ3n) is 6.34. The second kappa shape index (κ2) is 10.8. The number of aryl methyl sites for hydroxylation is 1. The molecule has 0 saturated carbocycles. The van der Waals surface area contributed by atoms with Crippen LogP contribution in [-0.2, 0) is 12.3 Å². The number of nitrogens with one attached hydrogen (secondary N) is 1. The van der Waals surface area contributed by atoms with E-state index < -0.39 is 0 Å². The van der Waals surface area contributed by atoms with Gasteiger partial charge < -0.3 is 9.88 Å². The molecule has 36 heavy (non-hydrogen) atoms. The first-order valence-corrected chi connectivity index (χ1v) is 13.0. The largest absolute Gasteiger partial charge is 0.346 e. The zero-order chi connectivity index (χ0) is 24.9. The van der Waals surface area contributed by atoms with E-state index in [9.17, 15) is 4.79 Å². The first kappa shape index (κ1) is 23.8. The molecular weight excluding hydrogens is 464 g/mol. The van der Waals surface area contributed by atoms with Crippen molar-refractivity contribution in [1.82, 2.24) is 19.9 Å². The van der Waals surface area contributed by atoms with Gasteiger partial charge in [0.25, 0.3) is 5.91 Å². The molecule has 5 nitrogen and oxygen atoms in total. The zero-order valence-corrected chi connectivity index (χ0v) is 21.2. The maximum Gasteiger partial charge on any atom is 0.251 e. The maximum atomic E-state index is 12.7. The summed E-state index contributed by atoms with van der Waals surface area (Å²) in [5.41, 5.74) is 7.38. The first-order chi connectivity index (χ1) is 17.6. The predicted molar refractivity (Wildman–Crippen MR) is 146 cm³/mol. The lowest BCUT2D eigenvalue weighted by atomic mass is 10.1. The van der Waals surface area contributed by atoms with Gasteiger partial charge in [-0.3, -0.25) is 9.78 Å². The smallest absolute Gasteiger partial charge is 0.251 e. The van der Waals surface area contributed by atoms with Crippen LogP contribution in [0.25, 0.3) is 11.0 Å². The molecule has 1 atom stereocenters. The van der Waals surface area contributed by atoms with E-state index in [4.69, 9.17) is 4.98 Å². The molecular formula is C30H28N4OS. The Labute approximate surface area is 215 Å². The SMILES string of the molecule is Cc1ccccc1Cn1c(SCc2ccc(C(=O)N[C@H](C)c3ccccc3)cc2)nc2ccncc21. The summed E-state index contributed by atoms with van der Waals surface area (Å²) in [5.74, 6) is 0.686. The lowest BCUT2D eigenvalue weighted by molar-refractivity contribution is 0.0940. The van der Waals surface area contributed by atoms with Gasteiger partial charge in [0.15, 0.2) is 5.16 Å². The van der Waals surface area contributed by atoms with Crippen LogP contribution in [0.1, 0.15) is 45.6 Å². The zero-order valence-electron chi connectivity index (χ0n) is 20.4. The molecule has 3 aromatic carbocycles. The highest BCUT2D eigenvalue weighted by Gasteiger charge is 2.14. The second-order valence-electron chi connectivity index (χ2n) is 8.86. The molecule has 1 N–H and O–H groups in total. The van der Waals surface area contributed by atoms with Crippen molar-refractivity contribution in [1.29, 1.82) is 0 Å². The molecule has 180 valence electrons. The molecule has 0 bridgehead atoms. The van der Waals surface area contributed by atoms with Gasteiger partial charge in [-0.25, -0.2) is 4.98 Å². The summed E-state index contributed by atoms with van der Waals surface area (Å²) in [6.07, 6.45) is 3.67. The molecule has 5 rings (SSSR count). The summed E-state index contributed by atoms with van der Waals surface area (Å²) >= 11 is 1.70. The van der Waals surface area contributed by atoms with Crippen LogP contribution < -0.4 is 5.32 Å². The molecule has 0 radical (unpaired) electrons. The number of amides is 1. The Morgan fingerprint density at radius 3 is 2.50 bits per heavy atom. The lowest BCUT2D eigenvalue weighted by Gasteiger charge is -2.14. The molecule has 1 amide bonds. The molecule has 0 aliphatic heterocycles. The number of hydrogen-bond acceptors (Lipinski definition) is 4. The summed E-state index contributed by atoms with van der Waals surface area (Å²) in [5, 5.41) is 4.03. The van der Waals surface area contributed by atoms with Crippen molar-refractivity contribution in [3.63, 3.8) is 0 Å². The van der Waals surface area contributed by atoms with Crippen molar-refractivity contribution >= 4 is 28.7 Å². The van der Waals surface area contributed by atoms with E-state index in [1.54, 1.807) is 18.0 Å². The normalized spacial score (nSPS) is 11.9. The second-order valence-corrected chi connectivity index (χ2v) is 9.81. The van der Waals surface area contributed by atoms with Gasteiger partial charge in [0.05, 0.1) is 29.8 Å². The number of carbonyl (C=O) groups is 1. The summed E-state index contributed by atoms with van der Waals surface area (Å²) in [4.78, 5) is 21.9. The Morgan fingerprint density at radius 1 is 0.972 bits per heavy atom. The van der Waals surface area contributed by atoms with E-state index in [1.165, 1.54) is 11.1 Å². The van der Waals surface area contributed by atoms with E-state index in [0.717, 1.165) is 39.6 Å². The number of hydrogen-bond donors (Lipinski definition) is 1. The fourth-order valence-corrected chi connectivity index (χ4v) is 5.14. The Bertz CT molecular complexity index is 1480. The first-order valence-electron chi connectivity index (χ1n) is 12.0. The van der Waals surface area contributed by atoms with Crippen LogP contribution in [0.4, 0.5) is 0 Å². The third-order valence-corrected chi connectivity index (χ3v) is 7.38. The quantitative estimate of drug-likeness (QED) is 0.249. The Hall–Kier alpha value is -3.90. The Morgan fingerprint density at radius 2 is 1.72 bits per heavy atom. The van der Waals surface area contributed by atoms with Gasteiger partial charge in [0, 0.05) is 17.5 Å². The summed E-state index contributed by atoms with van der Waals surface area (Å²) in [6, 6.07) is 28.1. The summed E-state index contributed by atoms with van der Waals surface area (Å²) in [7, 11) is 0. The van der Waals surface area contributed by atoms with Crippen molar-refractivity contribution < 1.29 is 4.79 Å². The van der Waals surface area contributed by atoms with Crippen LogP contribution >= 0.6 is 11.8 Å². The maximum absolute atomic E-state index is 12.7. The number of imidazole rings is 1. The number of fused-ring (bicyclic) bond motifs is 1. The van der Waals surface area contributed by atoms with Crippen LogP contribution in [0.2, 0.25) is 0 Å².